The van der Waals surface area contributed by atoms with Crippen LogP contribution in [0.4, 0.5) is 0 Å². The molecule has 120 valence electrons. The molecule has 2 aromatic carbocycles. The van der Waals surface area contributed by atoms with Crippen molar-refractivity contribution in [2.24, 2.45) is 0 Å². The van der Waals surface area contributed by atoms with Gasteiger partial charge in [-0.25, -0.2) is 0 Å². The van der Waals surface area contributed by atoms with E-state index in [2.05, 4.69) is 10.9 Å². The zero-order valence-electron chi connectivity index (χ0n) is 13.3. The maximum atomic E-state index is 12.0. The molecule has 0 unspecified atom stereocenters. The molecule has 5 heteroatoms. The summed E-state index contributed by atoms with van der Waals surface area (Å²) in [5.41, 5.74) is 7.22. The van der Waals surface area contributed by atoms with Crippen LogP contribution < -0.4 is 15.6 Å². The second-order valence-electron chi connectivity index (χ2n) is 5.13. The predicted octanol–water partition coefficient (Wildman–Crippen LogP) is 2.40. The van der Waals surface area contributed by atoms with Crippen LogP contribution in [0.5, 0.6) is 5.75 Å². The topological polar surface area (TPSA) is 67.4 Å². The molecule has 2 rings (SSSR count). The van der Waals surface area contributed by atoms with Gasteiger partial charge in [0.1, 0.15) is 5.75 Å². The largest absolute Gasteiger partial charge is 0.496 e. The van der Waals surface area contributed by atoms with Crippen LogP contribution in [-0.4, -0.2) is 18.9 Å². The maximum Gasteiger partial charge on any atom is 0.269 e. The van der Waals surface area contributed by atoms with Crippen LogP contribution in [-0.2, 0) is 11.2 Å². The highest BCUT2D eigenvalue weighted by Crippen LogP contribution is 2.18. The third-order valence-electron chi connectivity index (χ3n) is 3.52. The first-order valence-electron chi connectivity index (χ1n) is 7.38. The summed E-state index contributed by atoms with van der Waals surface area (Å²) in [4.78, 5) is 23.9. The number of para-hydroxylation sites is 1. The van der Waals surface area contributed by atoms with E-state index in [9.17, 15) is 9.59 Å². The summed E-state index contributed by atoms with van der Waals surface area (Å²) in [6.07, 6.45) is 0.796. The Kier molecular flexibility index (Phi) is 5.74. The van der Waals surface area contributed by atoms with E-state index >= 15 is 0 Å². The quantitative estimate of drug-likeness (QED) is 0.833. The van der Waals surface area contributed by atoms with Crippen molar-refractivity contribution in [1.82, 2.24) is 10.9 Å². The van der Waals surface area contributed by atoms with Crippen LogP contribution in [0.1, 0.15) is 27.9 Å². The predicted molar refractivity (Wildman–Crippen MR) is 88.1 cm³/mol. The van der Waals surface area contributed by atoms with Crippen molar-refractivity contribution in [2.45, 2.75) is 19.8 Å². The zero-order chi connectivity index (χ0) is 16.7. The molecule has 0 radical (unpaired) electrons. The molecule has 2 amide bonds. The van der Waals surface area contributed by atoms with Crippen LogP contribution in [0.2, 0.25) is 0 Å². The number of hydrogen-bond donors (Lipinski definition) is 2. The molecular weight excluding hydrogens is 292 g/mol. The summed E-state index contributed by atoms with van der Waals surface area (Å²) >= 11 is 0. The van der Waals surface area contributed by atoms with Crippen molar-refractivity contribution < 1.29 is 14.3 Å². The van der Waals surface area contributed by atoms with Gasteiger partial charge >= 0.3 is 0 Å². The van der Waals surface area contributed by atoms with Gasteiger partial charge in [0.05, 0.1) is 7.11 Å². The molecule has 0 fully saturated rings. The fraction of sp³-hybridized carbons (Fsp3) is 0.222. The molecular formula is C18H20N2O3. The molecule has 0 aliphatic carbocycles. The second kappa shape index (κ2) is 7.98. The lowest BCUT2D eigenvalue weighted by Crippen LogP contribution is -2.41. The molecule has 0 spiro atoms. The van der Waals surface area contributed by atoms with Gasteiger partial charge in [-0.3, -0.25) is 20.4 Å². The minimum absolute atomic E-state index is 0.252. The number of nitrogens with one attached hydrogen (secondary N) is 2. The highest BCUT2D eigenvalue weighted by atomic mass is 16.5. The minimum Gasteiger partial charge on any atom is -0.496 e. The number of carbonyl (C=O) groups is 2. The van der Waals surface area contributed by atoms with Gasteiger partial charge in [0.2, 0.25) is 5.91 Å². The Bertz CT molecular complexity index is 698. The van der Waals surface area contributed by atoms with E-state index in [1.54, 1.807) is 19.2 Å². The molecule has 2 N–H and O–H groups in total. The van der Waals surface area contributed by atoms with Crippen molar-refractivity contribution in [2.75, 3.05) is 7.11 Å². The van der Waals surface area contributed by atoms with Crippen molar-refractivity contribution in [3.05, 3.63) is 65.2 Å². The minimum atomic E-state index is -0.325. The Morgan fingerprint density at radius 1 is 1.00 bits per heavy atom. The summed E-state index contributed by atoms with van der Waals surface area (Å²) in [7, 11) is 1.60. The highest BCUT2D eigenvalue weighted by Gasteiger charge is 2.10. The number of benzene rings is 2. The molecule has 23 heavy (non-hydrogen) atoms. The van der Waals surface area contributed by atoms with Gasteiger partial charge < -0.3 is 4.74 Å². The Morgan fingerprint density at radius 3 is 2.43 bits per heavy atom. The number of ether oxygens (including phenoxy) is 1. The third kappa shape index (κ3) is 4.57. The molecule has 0 bridgehead atoms. The second-order valence-corrected chi connectivity index (χ2v) is 5.13. The molecule has 0 aromatic heterocycles. The monoisotopic (exact) mass is 312 g/mol. The summed E-state index contributed by atoms with van der Waals surface area (Å²) in [6, 6.07) is 14.7. The Morgan fingerprint density at radius 2 is 1.70 bits per heavy atom. The Hall–Kier alpha value is -2.82. The van der Waals surface area contributed by atoms with Crippen molar-refractivity contribution in [3.63, 3.8) is 0 Å². The first kappa shape index (κ1) is 16.5. The average Bonchev–Trinajstić information content (AvgIpc) is 2.58. The van der Waals surface area contributed by atoms with Crippen LogP contribution in [0, 0.1) is 6.92 Å². The van der Waals surface area contributed by atoms with Gasteiger partial charge in [0.25, 0.3) is 5.91 Å². The lowest BCUT2D eigenvalue weighted by molar-refractivity contribution is -0.121. The highest BCUT2D eigenvalue weighted by molar-refractivity contribution is 5.96. The fourth-order valence-corrected chi connectivity index (χ4v) is 2.24. The summed E-state index contributed by atoms with van der Waals surface area (Å²) < 4.78 is 5.25. The number of hydrazine groups is 1. The summed E-state index contributed by atoms with van der Waals surface area (Å²) in [5, 5.41) is 0. The number of carbonyl (C=O) groups excluding carboxylic acids is 2. The molecule has 0 atom stereocenters. The Balaban J connectivity index is 1.84. The van der Waals surface area contributed by atoms with Crippen molar-refractivity contribution >= 4 is 11.8 Å². The molecule has 0 heterocycles. The fourth-order valence-electron chi connectivity index (χ4n) is 2.24. The molecule has 0 saturated heterocycles. The number of amides is 2. The lowest BCUT2D eigenvalue weighted by Gasteiger charge is -2.10. The van der Waals surface area contributed by atoms with E-state index < -0.39 is 0 Å². The molecule has 2 aromatic rings. The third-order valence-corrected chi connectivity index (χ3v) is 3.52. The van der Waals surface area contributed by atoms with Crippen LogP contribution in [0.3, 0.4) is 0 Å². The van der Waals surface area contributed by atoms with Crippen LogP contribution in [0.15, 0.2) is 48.5 Å². The van der Waals surface area contributed by atoms with Gasteiger partial charge in [-0.1, -0.05) is 36.4 Å². The van der Waals surface area contributed by atoms with Crippen LogP contribution in [0.25, 0.3) is 0 Å². The zero-order valence-corrected chi connectivity index (χ0v) is 13.3. The molecule has 0 aliphatic heterocycles. The first-order chi connectivity index (χ1) is 11.1. The number of methoxy groups -OCH3 is 1. The van der Waals surface area contributed by atoms with Crippen molar-refractivity contribution in [1.29, 1.82) is 0 Å². The first-order valence-corrected chi connectivity index (χ1v) is 7.38. The molecule has 0 saturated carbocycles. The normalized spacial score (nSPS) is 10.0. The van der Waals surface area contributed by atoms with Gasteiger partial charge in [-0.15, -0.1) is 0 Å². The van der Waals surface area contributed by atoms with E-state index in [1.807, 2.05) is 43.3 Å². The summed E-state index contributed by atoms with van der Waals surface area (Å²) in [6.45, 7) is 1.85. The maximum absolute atomic E-state index is 12.0. The smallest absolute Gasteiger partial charge is 0.269 e. The van der Waals surface area contributed by atoms with Gasteiger partial charge in [0, 0.05) is 12.0 Å². The van der Waals surface area contributed by atoms with Gasteiger partial charge in [-0.05, 0) is 36.6 Å². The molecule has 0 aliphatic rings. The summed E-state index contributed by atoms with van der Waals surface area (Å²) in [5.74, 6) is 0.177. The molecule has 5 nitrogen and oxygen atoms in total. The number of rotatable bonds is 5. The van der Waals surface area contributed by atoms with E-state index in [0.29, 0.717) is 12.0 Å². The van der Waals surface area contributed by atoms with E-state index in [1.165, 1.54) is 0 Å². The van der Waals surface area contributed by atoms with E-state index in [-0.39, 0.29) is 18.2 Å². The van der Waals surface area contributed by atoms with E-state index in [4.69, 9.17) is 4.74 Å². The van der Waals surface area contributed by atoms with Gasteiger partial charge in [-0.2, -0.15) is 0 Å². The van der Waals surface area contributed by atoms with Crippen LogP contribution >= 0.6 is 0 Å². The van der Waals surface area contributed by atoms with Gasteiger partial charge in [0.15, 0.2) is 0 Å². The number of hydrogen-bond acceptors (Lipinski definition) is 3. The average molecular weight is 312 g/mol. The number of aryl methyl sites for hydroxylation is 2. The van der Waals surface area contributed by atoms with Crippen molar-refractivity contribution in [3.8, 4) is 5.75 Å². The standard InChI is InChI=1S/C18H20N2O3/c1-13-7-3-5-9-15(13)18(22)20-19-17(21)12-11-14-8-4-6-10-16(14)23-2/h3-10H,11-12H2,1-2H3,(H,19,21)(H,20,22). The van der Waals surface area contributed by atoms with E-state index in [0.717, 1.165) is 16.9 Å². The lowest BCUT2D eigenvalue weighted by atomic mass is 10.1. The SMILES string of the molecule is COc1ccccc1CCC(=O)NNC(=O)c1ccccc1C. The Labute approximate surface area is 135 Å².